The number of nitrogen functional groups attached to an aromatic ring is 1. The normalized spacial score (nSPS) is 10.6. The minimum Gasteiger partial charge on any atom is -0.382 e. The fourth-order valence-electron chi connectivity index (χ4n) is 1.98. The van der Waals surface area contributed by atoms with Crippen molar-refractivity contribution in [3.05, 3.63) is 54.2 Å². The van der Waals surface area contributed by atoms with Crippen LogP contribution >= 0.6 is 0 Å². The summed E-state index contributed by atoms with van der Waals surface area (Å²) in [5.74, 6) is 0.585. The molecule has 1 aromatic heterocycles. The van der Waals surface area contributed by atoms with Crippen LogP contribution in [0.25, 0.3) is 0 Å². The highest BCUT2D eigenvalue weighted by molar-refractivity contribution is 5.63. The molecule has 0 atom stereocenters. The lowest BCUT2D eigenvalue weighted by atomic mass is 10.1. The van der Waals surface area contributed by atoms with Gasteiger partial charge in [-0.1, -0.05) is 30.3 Å². The van der Waals surface area contributed by atoms with Crippen molar-refractivity contribution in [3.8, 4) is 0 Å². The molecule has 1 heterocycles. The third-order valence-corrected chi connectivity index (χ3v) is 2.94. The van der Waals surface area contributed by atoms with Crippen LogP contribution in [0.5, 0.6) is 0 Å². The predicted octanol–water partition coefficient (Wildman–Crippen LogP) is 3.08. The SMILES string of the molecule is CC(C)N(Cc1ccccc1)c1cccnc1N. The average molecular weight is 241 g/mol. The monoisotopic (exact) mass is 241 g/mol. The lowest BCUT2D eigenvalue weighted by molar-refractivity contribution is 0.682. The van der Waals surface area contributed by atoms with E-state index in [9.17, 15) is 0 Å². The summed E-state index contributed by atoms with van der Waals surface area (Å²) in [5, 5.41) is 0. The second-order valence-electron chi connectivity index (χ2n) is 4.62. The Morgan fingerprint density at radius 1 is 1.11 bits per heavy atom. The molecule has 0 radical (unpaired) electrons. The van der Waals surface area contributed by atoms with Crippen LogP contribution in [0.3, 0.4) is 0 Å². The Morgan fingerprint density at radius 3 is 2.44 bits per heavy atom. The fraction of sp³-hybridized carbons (Fsp3) is 0.267. The maximum Gasteiger partial charge on any atom is 0.146 e. The number of anilines is 2. The quantitative estimate of drug-likeness (QED) is 0.894. The Bertz CT molecular complexity index is 494. The molecule has 18 heavy (non-hydrogen) atoms. The summed E-state index contributed by atoms with van der Waals surface area (Å²) < 4.78 is 0. The van der Waals surface area contributed by atoms with Crippen molar-refractivity contribution in [1.82, 2.24) is 4.98 Å². The van der Waals surface area contributed by atoms with E-state index in [2.05, 4.69) is 48.0 Å². The van der Waals surface area contributed by atoms with Gasteiger partial charge in [-0.25, -0.2) is 4.98 Å². The second-order valence-corrected chi connectivity index (χ2v) is 4.62. The van der Waals surface area contributed by atoms with Gasteiger partial charge in [0.1, 0.15) is 5.82 Å². The molecule has 0 amide bonds. The van der Waals surface area contributed by atoms with Crippen molar-refractivity contribution in [1.29, 1.82) is 0 Å². The van der Waals surface area contributed by atoms with E-state index in [0.29, 0.717) is 11.9 Å². The van der Waals surface area contributed by atoms with E-state index in [0.717, 1.165) is 12.2 Å². The van der Waals surface area contributed by atoms with Gasteiger partial charge in [0.25, 0.3) is 0 Å². The zero-order chi connectivity index (χ0) is 13.0. The highest BCUT2D eigenvalue weighted by Gasteiger charge is 2.13. The number of hydrogen-bond donors (Lipinski definition) is 1. The summed E-state index contributed by atoms with van der Waals surface area (Å²) in [6.07, 6.45) is 1.72. The summed E-state index contributed by atoms with van der Waals surface area (Å²) >= 11 is 0. The maximum atomic E-state index is 5.96. The van der Waals surface area contributed by atoms with Crippen molar-refractivity contribution in [2.45, 2.75) is 26.4 Å². The van der Waals surface area contributed by atoms with Crippen LogP contribution in [0.4, 0.5) is 11.5 Å². The Kier molecular flexibility index (Phi) is 3.82. The van der Waals surface area contributed by atoms with Crippen LogP contribution in [0.2, 0.25) is 0 Å². The summed E-state index contributed by atoms with van der Waals surface area (Å²) in [5.41, 5.74) is 8.23. The van der Waals surface area contributed by atoms with Crippen LogP contribution in [-0.4, -0.2) is 11.0 Å². The number of pyridine rings is 1. The number of nitrogens with zero attached hydrogens (tertiary/aromatic N) is 2. The van der Waals surface area contributed by atoms with E-state index in [1.54, 1.807) is 6.20 Å². The Morgan fingerprint density at radius 2 is 1.83 bits per heavy atom. The van der Waals surface area contributed by atoms with Gasteiger partial charge < -0.3 is 10.6 Å². The Labute approximate surface area is 108 Å². The van der Waals surface area contributed by atoms with E-state index in [4.69, 9.17) is 5.73 Å². The van der Waals surface area contributed by atoms with Crippen molar-refractivity contribution >= 4 is 11.5 Å². The van der Waals surface area contributed by atoms with Gasteiger partial charge in [0.05, 0.1) is 5.69 Å². The first kappa shape index (κ1) is 12.4. The van der Waals surface area contributed by atoms with E-state index in [-0.39, 0.29) is 0 Å². The summed E-state index contributed by atoms with van der Waals surface area (Å²) in [7, 11) is 0. The minimum atomic E-state index is 0.372. The molecule has 3 nitrogen and oxygen atoms in total. The van der Waals surface area contributed by atoms with Crippen LogP contribution in [0.15, 0.2) is 48.7 Å². The molecule has 2 aromatic rings. The minimum absolute atomic E-state index is 0.372. The van der Waals surface area contributed by atoms with Gasteiger partial charge in [0.2, 0.25) is 0 Å². The van der Waals surface area contributed by atoms with Crippen molar-refractivity contribution in [3.63, 3.8) is 0 Å². The van der Waals surface area contributed by atoms with Crippen LogP contribution in [0.1, 0.15) is 19.4 Å². The van der Waals surface area contributed by atoms with E-state index in [1.807, 2.05) is 18.2 Å². The number of rotatable bonds is 4. The molecule has 0 fully saturated rings. The molecule has 0 aliphatic carbocycles. The third-order valence-electron chi connectivity index (χ3n) is 2.94. The molecule has 0 saturated carbocycles. The van der Waals surface area contributed by atoms with Crippen LogP contribution in [0, 0.1) is 0 Å². The van der Waals surface area contributed by atoms with Gasteiger partial charge in [0.15, 0.2) is 0 Å². The van der Waals surface area contributed by atoms with Crippen LogP contribution < -0.4 is 10.6 Å². The topological polar surface area (TPSA) is 42.2 Å². The largest absolute Gasteiger partial charge is 0.382 e. The molecule has 3 heteroatoms. The molecule has 0 bridgehead atoms. The summed E-state index contributed by atoms with van der Waals surface area (Å²) in [4.78, 5) is 6.42. The lowest BCUT2D eigenvalue weighted by Crippen LogP contribution is -2.31. The molecule has 0 unspecified atom stereocenters. The molecular formula is C15H19N3. The Hall–Kier alpha value is -2.03. The number of aromatic nitrogens is 1. The number of benzene rings is 1. The van der Waals surface area contributed by atoms with Crippen molar-refractivity contribution in [2.75, 3.05) is 10.6 Å². The smallest absolute Gasteiger partial charge is 0.146 e. The predicted molar refractivity (Wildman–Crippen MR) is 76.4 cm³/mol. The summed E-state index contributed by atoms with van der Waals surface area (Å²) in [6, 6.07) is 14.7. The molecule has 0 saturated heterocycles. The molecular weight excluding hydrogens is 222 g/mol. The zero-order valence-electron chi connectivity index (χ0n) is 10.9. The van der Waals surface area contributed by atoms with E-state index >= 15 is 0 Å². The fourth-order valence-corrected chi connectivity index (χ4v) is 1.98. The zero-order valence-corrected chi connectivity index (χ0v) is 10.9. The number of nitrogens with two attached hydrogens (primary N) is 1. The van der Waals surface area contributed by atoms with E-state index in [1.165, 1.54) is 5.56 Å². The van der Waals surface area contributed by atoms with Gasteiger partial charge in [-0.3, -0.25) is 0 Å². The van der Waals surface area contributed by atoms with Crippen molar-refractivity contribution < 1.29 is 0 Å². The summed E-state index contributed by atoms with van der Waals surface area (Å²) in [6.45, 7) is 5.17. The Balaban J connectivity index is 2.27. The highest BCUT2D eigenvalue weighted by atomic mass is 15.2. The molecule has 2 N–H and O–H groups in total. The highest BCUT2D eigenvalue weighted by Crippen LogP contribution is 2.24. The van der Waals surface area contributed by atoms with Gasteiger partial charge in [-0.2, -0.15) is 0 Å². The standard InChI is InChI=1S/C15H19N3/c1-12(2)18(11-13-7-4-3-5-8-13)14-9-6-10-17-15(14)16/h3-10,12H,11H2,1-2H3,(H2,16,17). The molecule has 0 aliphatic rings. The lowest BCUT2D eigenvalue weighted by Gasteiger charge is -2.29. The molecule has 94 valence electrons. The van der Waals surface area contributed by atoms with E-state index < -0.39 is 0 Å². The first-order chi connectivity index (χ1) is 8.68. The third kappa shape index (κ3) is 2.80. The molecule has 2 rings (SSSR count). The number of hydrogen-bond acceptors (Lipinski definition) is 3. The van der Waals surface area contributed by atoms with Crippen molar-refractivity contribution in [2.24, 2.45) is 0 Å². The average Bonchev–Trinajstić information content (AvgIpc) is 2.38. The van der Waals surface area contributed by atoms with Gasteiger partial charge >= 0.3 is 0 Å². The van der Waals surface area contributed by atoms with Gasteiger partial charge in [0, 0.05) is 18.8 Å². The molecule has 0 aliphatic heterocycles. The maximum absolute atomic E-state index is 5.96. The van der Waals surface area contributed by atoms with Gasteiger partial charge in [-0.05, 0) is 31.5 Å². The van der Waals surface area contributed by atoms with Crippen LogP contribution in [-0.2, 0) is 6.54 Å². The first-order valence-corrected chi connectivity index (χ1v) is 6.19. The van der Waals surface area contributed by atoms with Gasteiger partial charge in [-0.15, -0.1) is 0 Å². The second kappa shape index (κ2) is 5.54. The molecule has 1 aromatic carbocycles. The first-order valence-electron chi connectivity index (χ1n) is 6.19. The molecule has 0 spiro atoms.